The first kappa shape index (κ1) is 30.9. The number of hydrogen-bond acceptors (Lipinski definition) is 5. The Bertz CT molecular complexity index is 672. The fourth-order valence-corrected chi connectivity index (χ4v) is 4.22. The van der Waals surface area contributed by atoms with Gasteiger partial charge in [-0.2, -0.15) is 0 Å². The second kappa shape index (κ2) is 17.3. The van der Waals surface area contributed by atoms with E-state index in [9.17, 15) is 19.2 Å². The van der Waals surface area contributed by atoms with Crippen LogP contribution in [-0.2, 0) is 19.2 Å². The Labute approximate surface area is 211 Å². The van der Waals surface area contributed by atoms with Crippen molar-refractivity contribution in [2.24, 2.45) is 17.6 Å². The minimum Gasteiger partial charge on any atom is -0.351 e. The highest BCUT2D eigenvalue weighted by Crippen LogP contribution is 2.16. The van der Waals surface area contributed by atoms with Gasteiger partial charge >= 0.3 is 0 Å². The number of amides is 4. The molecule has 0 aromatic heterocycles. The summed E-state index contributed by atoms with van der Waals surface area (Å²) in [5.74, 6) is -0.786. The fourth-order valence-electron chi connectivity index (χ4n) is 4.22. The molecule has 0 bridgehead atoms. The Morgan fingerprint density at radius 3 is 2.20 bits per heavy atom. The van der Waals surface area contributed by atoms with Crippen molar-refractivity contribution in [3.63, 3.8) is 0 Å². The molecule has 5 atom stereocenters. The summed E-state index contributed by atoms with van der Waals surface area (Å²) in [5, 5.41) is 11.2. The van der Waals surface area contributed by atoms with Crippen LogP contribution in [0.25, 0.3) is 0 Å². The topological polar surface area (TPSA) is 142 Å². The Hall–Kier alpha value is -2.16. The number of nitrogens with one attached hydrogen (secondary N) is 4. The summed E-state index contributed by atoms with van der Waals surface area (Å²) in [5.41, 5.74) is 5.59. The quantitative estimate of drug-likeness (QED) is 0.249. The predicted octanol–water partition coefficient (Wildman–Crippen LogP) is 2.13. The van der Waals surface area contributed by atoms with E-state index in [4.69, 9.17) is 5.73 Å². The number of nitrogens with two attached hydrogens (primary N) is 1. The minimum atomic E-state index is -0.811. The van der Waals surface area contributed by atoms with Crippen molar-refractivity contribution in [3.05, 3.63) is 0 Å². The van der Waals surface area contributed by atoms with E-state index in [-0.39, 0.29) is 36.7 Å². The van der Waals surface area contributed by atoms with Crippen LogP contribution in [0.4, 0.5) is 0 Å². The maximum atomic E-state index is 13.2. The van der Waals surface area contributed by atoms with Crippen LogP contribution in [-0.4, -0.2) is 54.8 Å². The summed E-state index contributed by atoms with van der Waals surface area (Å²) in [4.78, 5) is 51.2. The molecule has 0 aromatic carbocycles. The molecule has 1 aliphatic rings. The van der Waals surface area contributed by atoms with Crippen LogP contribution in [0, 0.1) is 11.8 Å². The second-order valence-corrected chi connectivity index (χ2v) is 10.1. The first-order valence-corrected chi connectivity index (χ1v) is 13.6. The molecule has 4 amide bonds. The van der Waals surface area contributed by atoms with Crippen LogP contribution >= 0.6 is 0 Å². The average molecular weight is 496 g/mol. The molecule has 0 saturated carbocycles. The lowest BCUT2D eigenvalue weighted by Gasteiger charge is -2.28. The van der Waals surface area contributed by atoms with Gasteiger partial charge in [-0.3, -0.25) is 19.2 Å². The molecule has 1 heterocycles. The van der Waals surface area contributed by atoms with Gasteiger partial charge in [0.1, 0.15) is 12.1 Å². The Morgan fingerprint density at radius 1 is 0.829 bits per heavy atom. The number of rotatable bonds is 13. The molecular weight excluding hydrogens is 446 g/mol. The molecule has 35 heavy (non-hydrogen) atoms. The highest BCUT2D eigenvalue weighted by molar-refractivity contribution is 5.94. The number of carbonyl (C=O) groups excluding carboxylic acids is 4. The van der Waals surface area contributed by atoms with E-state index < -0.39 is 23.9 Å². The largest absolute Gasteiger partial charge is 0.351 e. The molecule has 202 valence electrons. The van der Waals surface area contributed by atoms with Crippen molar-refractivity contribution < 1.29 is 19.2 Å². The molecule has 0 aromatic rings. The standard InChI is InChI=1S/C26H49N5O4/c1-5-18(3)12-9-7-8-10-13-20-16-22(32)28-17-23(33)30-21(14-11-15-27)25(34)31-24(19(4)6-2)26(35)29-20/h18-21,24H,5-17,27H2,1-4H3,(H,28,32)(H,29,35)(H,30,33)(H,31,34)/t18?,19?,20-,21+,24+/m1/s1. The van der Waals surface area contributed by atoms with Crippen molar-refractivity contribution in [2.45, 2.75) is 116 Å². The zero-order chi connectivity index (χ0) is 26.2. The Morgan fingerprint density at radius 2 is 1.54 bits per heavy atom. The lowest BCUT2D eigenvalue weighted by Crippen LogP contribution is -2.57. The van der Waals surface area contributed by atoms with Crippen LogP contribution in [0.2, 0.25) is 0 Å². The summed E-state index contributed by atoms with van der Waals surface area (Å²) in [6, 6.07) is -1.90. The maximum absolute atomic E-state index is 13.2. The third-order valence-electron chi connectivity index (χ3n) is 7.06. The molecule has 0 spiro atoms. The van der Waals surface area contributed by atoms with Gasteiger partial charge in [0.05, 0.1) is 6.54 Å². The van der Waals surface area contributed by atoms with E-state index in [1.165, 1.54) is 19.3 Å². The highest BCUT2D eigenvalue weighted by Gasteiger charge is 2.31. The van der Waals surface area contributed by atoms with Crippen molar-refractivity contribution in [1.82, 2.24) is 21.3 Å². The third kappa shape index (κ3) is 12.4. The van der Waals surface area contributed by atoms with E-state index in [2.05, 4.69) is 35.1 Å². The van der Waals surface area contributed by atoms with Gasteiger partial charge in [0.2, 0.25) is 23.6 Å². The van der Waals surface area contributed by atoms with Crippen molar-refractivity contribution >= 4 is 23.6 Å². The van der Waals surface area contributed by atoms with Gasteiger partial charge in [0, 0.05) is 12.5 Å². The summed E-state index contributed by atoms with van der Waals surface area (Å²) in [7, 11) is 0. The smallest absolute Gasteiger partial charge is 0.243 e. The molecule has 0 radical (unpaired) electrons. The van der Waals surface area contributed by atoms with Crippen molar-refractivity contribution in [2.75, 3.05) is 13.1 Å². The first-order chi connectivity index (χ1) is 16.7. The molecule has 1 fully saturated rings. The molecule has 9 nitrogen and oxygen atoms in total. The Kier molecular flexibility index (Phi) is 15.3. The fraction of sp³-hybridized carbons (Fsp3) is 0.846. The van der Waals surface area contributed by atoms with Gasteiger partial charge < -0.3 is 27.0 Å². The Balaban J connectivity index is 2.91. The van der Waals surface area contributed by atoms with Crippen LogP contribution in [0.15, 0.2) is 0 Å². The summed E-state index contributed by atoms with van der Waals surface area (Å²) >= 11 is 0. The van der Waals surface area contributed by atoms with Crippen LogP contribution < -0.4 is 27.0 Å². The van der Waals surface area contributed by atoms with Crippen molar-refractivity contribution in [1.29, 1.82) is 0 Å². The number of unbranched alkanes of at least 4 members (excludes halogenated alkanes) is 3. The summed E-state index contributed by atoms with van der Waals surface area (Å²) in [6.07, 6.45) is 9.07. The SMILES string of the molecule is CCC(C)CCCCCC[C@@H]1CC(=O)NCC(=O)N[C@@H](CCCN)C(=O)N[C@@H](C(C)CC)C(=O)N1. The summed E-state index contributed by atoms with van der Waals surface area (Å²) in [6.45, 7) is 8.52. The van der Waals surface area contributed by atoms with Gasteiger partial charge in [0.25, 0.3) is 0 Å². The third-order valence-corrected chi connectivity index (χ3v) is 7.06. The second-order valence-electron chi connectivity index (χ2n) is 10.1. The van der Waals surface area contributed by atoms with Crippen LogP contribution in [0.5, 0.6) is 0 Å². The highest BCUT2D eigenvalue weighted by atomic mass is 16.2. The van der Waals surface area contributed by atoms with Gasteiger partial charge in [-0.05, 0) is 37.6 Å². The molecule has 1 aliphatic heterocycles. The van der Waals surface area contributed by atoms with Gasteiger partial charge in [-0.15, -0.1) is 0 Å². The molecule has 2 unspecified atom stereocenters. The van der Waals surface area contributed by atoms with Gasteiger partial charge in [-0.25, -0.2) is 0 Å². The predicted molar refractivity (Wildman–Crippen MR) is 138 cm³/mol. The van der Waals surface area contributed by atoms with E-state index in [1.807, 2.05) is 13.8 Å². The minimum absolute atomic E-state index is 0.101. The molecule has 9 heteroatoms. The molecule has 1 rings (SSSR count). The lowest BCUT2D eigenvalue weighted by molar-refractivity contribution is -0.133. The van der Waals surface area contributed by atoms with E-state index in [1.54, 1.807) is 0 Å². The van der Waals surface area contributed by atoms with Gasteiger partial charge in [0.15, 0.2) is 0 Å². The van der Waals surface area contributed by atoms with E-state index >= 15 is 0 Å². The number of carbonyl (C=O) groups is 4. The van der Waals surface area contributed by atoms with E-state index in [0.29, 0.717) is 32.2 Å². The molecule has 1 saturated heterocycles. The number of hydrogen-bond donors (Lipinski definition) is 5. The van der Waals surface area contributed by atoms with Crippen molar-refractivity contribution in [3.8, 4) is 0 Å². The molecule has 0 aliphatic carbocycles. The van der Waals surface area contributed by atoms with Crippen LogP contribution in [0.1, 0.15) is 98.3 Å². The van der Waals surface area contributed by atoms with Crippen LogP contribution in [0.3, 0.4) is 0 Å². The lowest BCUT2D eigenvalue weighted by atomic mass is 9.96. The normalized spacial score (nSPS) is 24.1. The maximum Gasteiger partial charge on any atom is 0.243 e. The average Bonchev–Trinajstić information content (AvgIpc) is 2.84. The first-order valence-electron chi connectivity index (χ1n) is 13.6. The monoisotopic (exact) mass is 495 g/mol. The summed E-state index contributed by atoms with van der Waals surface area (Å²) < 4.78 is 0. The van der Waals surface area contributed by atoms with E-state index in [0.717, 1.165) is 25.2 Å². The zero-order valence-corrected chi connectivity index (χ0v) is 22.3. The van der Waals surface area contributed by atoms with Gasteiger partial charge in [-0.1, -0.05) is 72.6 Å². The zero-order valence-electron chi connectivity index (χ0n) is 22.3. The molecular formula is C26H49N5O4. The molecule has 6 N–H and O–H groups in total.